The third-order valence-corrected chi connectivity index (χ3v) is 3.61. The van der Waals surface area contributed by atoms with Gasteiger partial charge in [-0.05, 0) is 54.8 Å². The van der Waals surface area contributed by atoms with Crippen molar-refractivity contribution in [3.8, 4) is 11.5 Å². The molecule has 24 heavy (non-hydrogen) atoms. The lowest BCUT2D eigenvalue weighted by molar-refractivity contribution is -0.116. The van der Waals surface area contributed by atoms with Gasteiger partial charge in [0.25, 0.3) is 0 Å². The first kappa shape index (κ1) is 17.6. The van der Waals surface area contributed by atoms with Gasteiger partial charge in [-0.1, -0.05) is 24.8 Å². The Morgan fingerprint density at radius 1 is 1.21 bits per heavy atom. The Kier molecular flexibility index (Phi) is 6.43. The molecular weight excluding hydrogens is 302 g/mol. The van der Waals surface area contributed by atoms with E-state index in [1.165, 1.54) is 0 Å². The molecule has 0 aliphatic heterocycles. The minimum atomic E-state index is -0.0109. The molecule has 0 fully saturated rings. The molecule has 2 rings (SSSR count). The molecule has 1 amide bonds. The topological polar surface area (TPSA) is 47.6 Å². The van der Waals surface area contributed by atoms with Gasteiger partial charge in [0.05, 0.1) is 7.11 Å². The Labute approximate surface area is 143 Å². The van der Waals surface area contributed by atoms with E-state index in [2.05, 4.69) is 18.0 Å². The molecule has 0 saturated heterocycles. The second-order valence-corrected chi connectivity index (χ2v) is 5.48. The Balaban J connectivity index is 1.84. The van der Waals surface area contributed by atoms with Crippen molar-refractivity contribution >= 4 is 11.6 Å². The first-order chi connectivity index (χ1) is 11.6. The van der Waals surface area contributed by atoms with E-state index in [1.807, 2.05) is 43.3 Å². The highest BCUT2D eigenvalue weighted by Crippen LogP contribution is 2.20. The van der Waals surface area contributed by atoms with E-state index in [4.69, 9.17) is 9.47 Å². The van der Waals surface area contributed by atoms with Gasteiger partial charge in [0.2, 0.25) is 5.91 Å². The summed E-state index contributed by atoms with van der Waals surface area (Å²) in [5.41, 5.74) is 2.96. The number of benzene rings is 2. The van der Waals surface area contributed by atoms with Crippen LogP contribution in [-0.4, -0.2) is 19.6 Å². The van der Waals surface area contributed by atoms with Gasteiger partial charge in [0, 0.05) is 12.1 Å². The minimum absolute atomic E-state index is 0.0109. The highest BCUT2D eigenvalue weighted by molar-refractivity contribution is 5.90. The molecule has 2 aromatic rings. The number of hydrogen-bond donors (Lipinski definition) is 1. The van der Waals surface area contributed by atoms with E-state index in [-0.39, 0.29) is 5.91 Å². The third-order valence-electron chi connectivity index (χ3n) is 3.61. The maximum absolute atomic E-state index is 12.1. The molecule has 0 heterocycles. The number of aryl methyl sites for hydroxylation is 2. The average molecular weight is 325 g/mol. The van der Waals surface area contributed by atoms with E-state index < -0.39 is 0 Å². The lowest BCUT2D eigenvalue weighted by Crippen LogP contribution is -2.12. The van der Waals surface area contributed by atoms with Gasteiger partial charge in [0.15, 0.2) is 0 Å². The highest BCUT2D eigenvalue weighted by atomic mass is 16.5. The van der Waals surface area contributed by atoms with Crippen LogP contribution in [0.3, 0.4) is 0 Å². The molecule has 0 aliphatic carbocycles. The van der Waals surface area contributed by atoms with E-state index in [0.29, 0.717) is 19.4 Å². The predicted octanol–water partition coefficient (Wildman–Crippen LogP) is 4.14. The van der Waals surface area contributed by atoms with Crippen molar-refractivity contribution in [1.82, 2.24) is 0 Å². The summed E-state index contributed by atoms with van der Waals surface area (Å²) in [5.74, 6) is 1.60. The zero-order valence-corrected chi connectivity index (χ0v) is 14.2. The molecule has 4 heteroatoms. The predicted molar refractivity (Wildman–Crippen MR) is 96.8 cm³/mol. The normalized spacial score (nSPS) is 10.1. The Morgan fingerprint density at radius 2 is 1.96 bits per heavy atom. The molecule has 126 valence electrons. The summed E-state index contributed by atoms with van der Waals surface area (Å²) >= 11 is 0. The molecular formula is C20H23NO3. The summed E-state index contributed by atoms with van der Waals surface area (Å²) in [4.78, 5) is 12.1. The maximum atomic E-state index is 12.1. The van der Waals surface area contributed by atoms with Crippen LogP contribution in [-0.2, 0) is 11.2 Å². The fourth-order valence-corrected chi connectivity index (χ4v) is 2.37. The minimum Gasteiger partial charge on any atom is -0.496 e. The Bertz CT molecular complexity index is 693. The first-order valence-corrected chi connectivity index (χ1v) is 7.89. The Hall–Kier alpha value is -2.75. The fourth-order valence-electron chi connectivity index (χ4n) is 2.37. The first-order valence-electron chi connectivity index (χ1n) is 7.89. The highest BCUT2D eigenvalue weighted by Gasteiger charge is 2.05. The third kappa shape index (κ3) is 5.16. The largest absolute Gasteiger partial charge is 0.496 e. The number of anilines is 1. The molecule has 0 radical (unpaired) electrons. The van der Waals surface area contributed by atoms with Gasteiger partial charge in [-0.15, -0.1) is 0 Å². The molecule has 0 spiro atoms. The van der Waals surface area contributed by atoms with Crippen molar-refractivity contribution in [2.45, 2.75) is 19.8 Å². The van der Waals surface area contributed by atoms with Crippen LogP contribution >= 0.6 is 0 Å². The number of hydrogen-bond acceptors (Lipinski definition) is 3. The van der Waals surface area contributed by atoms with Crippen molar-refractivity contribution in [3.05, 3.63) is 66.2 Å². The number of nitrogens with one attached hydrogen (secondary N) is 1. The van der Waals surface area contributed by atoms with Crippen LogP contribution in [0.5, 0.6) is 11.5 Å². The monoisotopic (exact) mass is 325 g/mol. The SMILES string of the molecule is C=CCOc1ccc(NC(=O)CCc2ccc(OC)c(C)c2)cc1. The van der Waals surface area contributed by atoms with E-state index >= 15 is 0 Å². The van der Waals surface area contributed by atoms with Gasteiger partial charge in [-0.2, -0.15) is 0 Å². The van der Waals surface area contributed by atoms with Crippen molar-refractivity contribution in [1.29, 1.82) is 0 Å². The summed E-state index contributed by atoms with van der Waals surface area (Å²) in [5, 5.41) is 2.89. The summed E-state index contributed by atoms with van der Waals surface area (Å²) in [6.45, 7) is 6.07. The van der Waals surface area contributed by atoms with Crippen LogP contribution in [0.1, 0.15) is 17.5 Å². The lowest BCUT2D eigenvalue weighted by Gasteiger charge is -2.09. The molecule has 0 saturated carbocycles. The van der Waals surface area contributed by atoms with Crippen molar-refractivity contribution in [2.24, 2.45) is 0 Å². The fraction of sp³-hybridized carbons (Fsp3) is 0.250. The van der Waals surface area contributed by atoms with Gasteiger partial charge >= 0.3 is 0 Å². The van der Waals surface area contributed by atoms with Gasteiger partial charge < -0.3 is 14.8 Å². The molecule has 0 bridgehead atoms. The summed E-state index contributed by atoms with van der Waals surface area (Å²) in [7, 11) is 1.66. The van der Waals surface area contributed by atoms with Crippen molar-refractivity contribution in [3.63, 3.8) is 0 Å². The van der Waals surface area contributed by atoms with Crippen LogP contribution in [0.25, 0.3) is 0 Å². The average Bonchev–Trinajstić information content (AvgIpc) is 2.59. The van der Waals surface area contributed by atoms with Crippen LogP contribution in [0, 0.1) is 6.92 Å². The molecule has 1 N–H and O–H groups in total. The van der Waals surface area contributed by atoms with E-state index in [1.54, 1.807) is 13.2 Å². The lowest BCUT2D eigenvalue weighted by atomic mass is 10.1. The maximum Gasteiger partial charge on any atom is 0.224 e. The second kappa shape index (κ2) is 8.77. The van der Waals surface area contributed by atoms with Crippen LogP contribution < -0.4 is 14.8 Å². The summed E-state index contributed by atoms with van der Waals surface area (Å²) in [6, 6.07) is 13.3. The molecule has 2 aromatic carbocycles. The summed E-state index contributed by atoms with van der Waals surface area (Å²) in [6.07, 6.45) is 2.81. The molecule has 4 nitrogen and oxygen atoms in total. The van der Waals surface area contributed by atoms with Crippen molar-refractivity contribution < 1.29 is 14.3 Å². The molecule has 0 aliphatic rings. The molecule has 0 aromatic heterocycles. The summed E-state index contributed by atoms with van der Waals surface area (Å²) < 4.78 is 10.7. The molecule has 0 unspecified atom stereocenters. The van der Waals surface area contributed by atoms with Crippen LogP contribution in [0.2, 0.25) is 0 Å². The number of methoxy groups -OCH3 is 1. The van der Waals surface area contributed by atoms with Crippen LogP contribution in [0.4, 0.5) is 5.69 Å². The van der Waals surface area contributed by atoms with Gasteiger partial charge in [0.1, 0.15) is 18.1 Å². The van der Waals surface area contributed by atoms with Crippen molar-refractivity contribution in [2.75, 3.05) is 19.0 Å². The smallest absolute Gasteiger partial charge is 0.224 e. The van der Waals surface area contributed by atoms with E-state index in [9.17, 15) is 4.79 Å². The number of amides is 1. The van der Waals surface area contributed by atoms with Crippen LogP contribution in [0.15, 0.2) is 55.1 Å². The van der Waals surface area contributed by atoms with Gasteiger partial charge in [-0.25, -0.2) is 0 Å². The van der Waals surface area contributed by atoms with Gasteiger partial charge in [-0.3, -0.25) is 4.79 Å². The standard InChI is InChI=1S/C20H23NO3/c1-4-13-24-18-9-7-17(8-10-18)21-20(22)12-6-16-5-11-19(23-3)15(2)14-16/h4-5,7-11,14H,1,6,12-13H2,2-3H3,(H,21,22). The second-order valence-electron chi connectivity index (χ2n) is 5.48. The number of rotatable bonds is 8. The molecule has 0 atom stereocenters. The number of ether oxygens (including phenoxy) is 2. The number of carbonyl (C=O) groups excluding carboxylic acids is 1. The Morgan fingerprint density at radius 3 is 2.58 bits per heavy atom. The van der Waals surface area contributed by atoms with E-state index in [0.717, 1.165) is 28.3 Å². The number of carbonyl (C=O) groups is 1. The quantitative estimate of drug-likeness (QED) is 0.742. The zero-order chi connectivity index (χ0) is 17.4. The zero-order valence-electron chi connectivity index (χ0n) is 14.2.